The lowest BCUT2D eigenvalue weighted by Crippen LogP contribution is -2.57. The lowest BCUT2D eigenvalue weighted by atomic mass is 10.0. The van der Waals surface area contributed by atoms with Gasteiger partial charge in [0, 0.05) is 31.3 Å². The number of carboxylic acid groups (broad SMARTS) is 1. The quantitative estimate of drug-likeness (QED) is 0.180. The van der Waals surface area contributed by atoms with E-state index >= 15 is 0 Å². The average molecular weight is 528 g/mol. The molecule has 2 aromatic rings. The molecule has 1 aromatic carbocycles. The summed E-state index contributed by atoms with van der Waals surface area (Å²) in [4.78, 5) is 59.6. The number of H-pyrrole nitrogens is 1. The van der Waals surface area contributed by atoms with E-state index in [0.29, 0.717) is 50.9 Å². The Balaban J connectivity index is 1.76. The molecule has 12 nitrogen and oxygen atoms in total. The Morgan fingerprint density at radius 2 is 1.82 bits per heavy atom. The Morgan fingerprint density at radius 1 is 1.08 bits per heavy atom. The number of nitrogens with zero attached hydrogens (tertiary/aromatic N) is 2. The number of carboxylic acids is 1. The van der Waals surface area contributed by atoms with Crippen molar-refractivity contribution in [3.8, 4) is 0 Å². The highest BCUT2D eigenvalue weighted by Crippen LogP contribution is 2.20. The lowest BCUT2D eigenvalue weighted by Gasteiger charge is -2.29. The molecule has 4 atom stereocenters. The summed E-state index contributed by atoms with van der Waals surface area (Å²) in [5.41, 5.74) is 13.2. The minimum absolute atomic E-state index is 0.178. The van der Waals surface area contributed by atoms with Crippen LogP contribution in [-0.4, -0.2) is 80.9 Å². The molecular formula is C26H37N7O5. The van der Waals surface area contributed by atoms with Crippen molar-refractivity contribution in [3.05, 3.63) is 54.1 Å². The first-order valence-electron chi connectivity index (χ1n) is 12.9. The van der Waals surface area contributed by atoms with E-state index in [1.54, 1.807) is 6.20 Å². The van der Waals surface area contributed by atoms with Gasteiger partial charge >= 0.3 is 5.97 Å². The second-order valence-corrected chi connectivity index (χ2v) is 9.51. The molecule has 0 saturated carbocycles. The van der Waals surface area contributed by atoms with E-state index in [-0.39, 0.29) is 12.8 Å². The predicted octanol–water partition coefficient (Wildman–Crippen LogP) is -0.304. The van der Waals surface area contributed by atoms with Crippen LogP contribution in [0.25, 0.3) is 0 Å². The summed E-state index contributed by atoms with van der Waals surface area (Å²) in [7, 11) is 0. The summed E-state index contributed by atoms with van der Waals surface area (Å²) in [6, 6.07) is 5.37. The highest BCUT2D eigenvalue weighted by atomic mass is 16.4. The first-order valence-corrected chi connectivity index (χ1v) is 12.9. The highest BCUT2D eigenvalue weighted by Gasteiger charge is 2.38. The zero-order valence-corrected chi connectivity index (χ0v) is 21.3. The van der Waals surface area contributed by atoms with Gasteiger partial charge < -0.3 is 37.1 Å². The largest absolute Gasteiger partial charge is 0.480 e. The van der Waals surface area contributed by atoms with Crippen LogP contribution in [0, 0.1) is 0 Å². The number of hydrogen-bond donors (Lipinski definition) is 6. The van der Waals surface area contributed by atoms with Crippen LogP contribution in [0.3, 0.4) is 0 Å². The van der Waals surface area contributed by atoms with Gasteiger partial charge in [-0.2, -0.15) is 0 Å². The SMILES string of the molecule is NCCCCC(NC(=O)C(N)Cc1cnc[nH]1)C(=O)NC(Cc1ccccc1)C(=O)N1CCCC1C(=O)O. The van der Waals surface area contributed by atoms with Gasteiger partial charge in [0.15, 0.2) is 0 Å². The Bertz CT molecular complexity index is 1060. The normalized spacial score (nSPS) is 17.4. The first kappa shape index (κ1) is 28.8. The Kier molecular flexibility index (Phi) is 10.8. The molecule has 38 heavy (non-hydrogen) atoms. The number of hydrogen-bond acceptors (Lipinski definition) is 7. The van der Waals surface area contributed by atoms with Gasteiger partial charge in [-0.1, -0.05) is 30.3 Å². The monoisotopic (exact) mass is 527 g/mol. The maximum atomic E-state index is 13.5. The number of imidazole rings is 1. The van der Waals surface area contributed by atoms with Crippen molar-refractivity contribution >= 4 is 23.7 Å². The Morgan fingerprint density at radius 3 is 2.47 bits per heavy atom. The zero-order valence-electron chi connectivity index (χ0n) is 21.3. The van der Waals surface area contributed by atoms with Crippen LogP contribution in [0.1, 0.15) is 43.4 Å². The van der Waals surface area contributed by atoms with Crippen LogP contribution in [0.4, 0.5) is 0 Å². The smallest absolute Gasteiger partial charge is 0.326 e. The zero-order chi connectivity index (χ0) is 27.5. The summed E-state index contributed by atoms with van der Waals surface area (Å²) < 4.78 is 0. The van der Waals surface area contributed by atoms with E-state index in [1.807, 2.05) is 30.3 Å². The van der Waals surface area contributed by atoms with Gasteiger partial charge in [-0.05, 0) is 44.2 Å². The van der Waals surface area contributed by atoms with Crippen molar-refractivity contribution in [3.63, 3.8) is 0 Å². The van der Waals surface area contributed by atoms with E-state index in [4.69, 9.17) is 11.5 Å². The Labute approximate surface area is 221 Å². The van der Waals surface area contributed by atoms with Gasteiger partial charge in [-0.25, -0.2) is 9.78 Å². The maximum absolute atomic E-state index is 13.5. The van der Waals surface area contributed by atoms with Gasteiger partial charge in [0.1, 0.15) is 18.1 Å². The average Bonchev–Trinajstić information content (AvgIpc) is 3.60. The third-order valence-electron chi connectivity index (χ3n) is 6.63. The number of likely N-dealkylation sites (tertiary alicyclic amines) is 1. The summed E-state index contributed by atoms with van der Waals surface area (Å²) in [6.45, 7) is 0.734. The summed E-state index contributed by atoms with van der Waals surface area (Å²) >= 11 is 0. The van der Waals surface area contributed by atoms with Gasteiger partial charge in [0.25, 0.3) is 0 Å². The molecule has 1 aliphatic rings. The van der Waals surface area contributed by atoms with Crippen molar-refractivity contribution in [1.82, 2.24) is 25.5 Å². The number of amides is 3. The number of nitrogens with one attached hydrogen (secondary N) is 3. The van der Waals surface area contributed by atoms with Gasteiger partial charge in [0.2, 0.25) is 17.7 Å². The second-order valence-electron chi connectivity index (χ2n) is 9.51. The van der Waals surface area contributed by atoms with E-state index in [1.165, 1.54) is 11.2 Å². The molecule has 1 fully saturated rings. The number of nitrogens with two attached hydrogens (primary N) is 2. The number of aliphatic carboxylic acids is 1. The van der Waals surface area contributed by atoms with Gasteiger partial charge in [-0.3, -0.25) is 14.4 Å². The van der Waals surface area contributed by atoms with Crippen molar-refractivity contribution in [2.24, 2.45) is 11.5 Å². The van der Waals surface area contributed by atoms with E-state index in [9.17, 15) is 24.3 Å². The second kappa shape index (κ2) is 14.2. The molecule has 0 bridgehead atoms. The topological polar surface area (TPSA) is 197 Å². The molecule has 206 valence electrons. The predicted molar refractivity (Wildman–Crippen MR) is 140 cm³/mol. The number of rotatable bonds is 14. The van der Waals surface area contributed by atoms with Crippen LogP contribution in [0.2, 0.25) is 0 Å². The molecule has 3 rings (SSSR count). The van der Waals surface area contributed by atoms with Crippen molar-refractivity contribution in [2.75, 3.05) is 13.1 Å². The molecule has 1 aromatic heterocycles. The molecule has 0 radical (unpaired) electrons. The number of aromatic nitrogens is 2. The third-order valence-corrected chi connectivity index (χ3v) is 6.63. The minimum Gasteiger partial charge on any atom is -0.480 e. The molecule has 12 heteroatoms. The minimum atomic E-state index is -1.07. The van der Waals surface area contributed by atoms with E-state index in [0.717, 1.165) is 5.56 Å². The molecular weight excluding hydrogens is 490 g/mol. The summed E-state index contributed by atoms with van der Waals surface area (Å²) in [5.74, 6) is -2.58. The fourth-order valence-corrected chi connectivity index (χ4v) is 4.58. The molecule has 2 heterocycles. The maximum Gasteiger partial charge on any atom is 0.326 e. The lowest BCUT2D eigenvalue weighted by molar-refractivity contribution is -0.149. The van der Waals surface area contributed by atoms with Crippen molar-refractivity contribution < 1.29 is 24.3 Å². The molecule has 1 aliphatic heterocycles. The number of carbonyl (C=O) groups excluding carboxylic acids is 3. The van der Waals surface area contributed by atoms with E-state index in [2.05, 4.69) is 20.6 Å². The Hall–Kier alpha value is -3.77. The summed E-state index contributed by atoms with van der Waals surface area (Å²) in [6.07, 6.45) is 5.92. The fourth-order valence-electron chi connectivity index (χ4n) is 4.58. The first-order chi connectivity index (χ1) is 18.3. The molecule has 3 amide bonds. The third kappa shape index (κ3) is 8.12. The highest BCUT2D eigenvalue weighted by molar-refractivity contribution is 5.94. The number of carbonyl (C=O) groups is 4. The van der Waals surface area contributed by atoms with Gasteiger partial charge in [0.05, 0.1) is 12.4 Å². The van der Waals surface area contributed by atoms with Crippen LogP contribution < -0.4 is 22.1 Å². The van der Waals surface area contributed by atoms with Crippen LogP contribution in [0.5, 0.6) is 0 Å². The van der Waals surface area contributed by atoms with Crippen LogP contribution >= 0.6 is 0 Å². The number of benzene rings is 1. The van der Waals surface area contributed by atoms with Crippen molar-refractivity contribution in [1.29, 1.82) is 0 Å². The van der Waals surface area contributed by atoms with Gasteiger partial charge in [-0.15, -0.1) is 0 Å². The molecule has 4 unspecified atom stereocenters. The van der Waals surface area contributed by atoms with Crippen LogP contribution in [-0.2, 0) is 32.0 Å². The van der Waals surface area contributed by atoms with Crippen LogP contribution in [0.15, 0.2) is 42.9 Å². The molecule has 8 N–H and O–H groups in total. The molecule has 1 saturated heterocycles. The molecule has 0 aliphatic carbocycles. The summed E-state index contributed by atoms with van der Waals surface area (Å²) in [5, 5.41) is 15.1. The number of unbranched alkanes of at least 4 members (excludes halogenated alkanes) is 1. The standard InChI is InChI=1S/C26H37N7O5/c27-11-5-4-9-20(31-23(34)19(28)14-18-15-29-16-30-18)24(35)32-21(13-17-7-2-1-3-8-17)25(36)33-12-6-10-22(33)26(37)38/h1-3,7-8,15-16,19-22H,4-6,9-14,27-28H2,(H,29,30)(H,31,34)(H,32,35)(H,37,38). The van der Waals surface area contributed by atoms with E-state index < -0.39 is 47.9 Å². The number of aromatic amines is 1. The van der Waals surface area contributed by atoms with Crippen molar-refractivity contribution in [2.45, 2.75) is 69.1 Å². The fraction of sp³-hybridized carbons (Fsp3) is 0.500. The molecule has 0 spiro atoms.